The first-order valence-electron chi connectivity index (χ1n) is 9.28. The molecule has 0 aliphatic heterocycles. The zero-order valence-electron chi connectivity index (χ0n) is 17.1. The van der Waals surface area contributed by atoms with Crippen LogP contribution in [0.2, 0.25) is 0 Å². The smallest absolute Gasteiger partial charge is 0.341 e. The SMILES string of the molecule is Cc1cc(OCC(=O)O)ccc1NC(=O)c1ccc(CN(C)C(=O)C(C)C)cc1. The Balaban J connectivity index is 2.00. The molecule has 2 rings (SSSR count). The largest absolute Gasteiger partial charge is 0.482 e. The van der Waals surface area contributed by atoms with Gasteiger partial charge in [-0.3, -0.25) is 9.59 Å². The number of carboxylic acids is 1. The standard InChI is InChI=1S/C22H26N2O5/c1-14(2)22(28)24(4)12-16-5-7-17(8-6-16)21(27)23-19-10-9-18(11-15(19)3)29-13-20(25)26/h5-11,14H,12-13H2,1-4H3,(H,23,27)(H,25,26). The second-order valence-electron chi connectivity index (χ2n) is 7.16. The van der Waals surface area contributed by atoms with E-state index in [1.807, 2.05) is 26.0 Å². The number of amides is 2. The van der Waals surface area contributed by atoms with Crippen LogP contribution in [0.1, 0.15) is 35.3 Å². The van der Waals surface area contributed by atoms with Crippen LogP contribution in [0.5, 0.6) is 5.75 Å². The van der Waals surface area contributed by atoms with E-state index in [1.165, 1.54) is 0 Å². The molecule has 0 aliphatic carbocycles. The Bertz CT molecular complexity index is 891. The molecule has 29 heavy (non-hydrogen) atoms. The molecule has 7 heteroatoms. The van der Waals surface area contributed by atoms with Crippen molar-refractivity contribution in [1.82, 2.24) is 4.90 Å². The number of anilines is 1. The maximum atomic E-state index is 12.5. The predicted molar refractivity (Wildman–Crippen MR) is 110 cm³/mol. The second kappa shape index (κ2) is 9.73. The van der Waals surface area contributed by atoms with E-state index in [2.05, 4.69) is 5.32 Å². The summed E-state index contributed by atoms with van der Waals surface area (Å²) in [5, 5.41) is 11.5. The first-order chi connectivity index (χ1) is 13.7. The van der Waals surface area contributed by atoms with E-state index in [1.54, 1.807) is 49.2 Å². The molecule has 2 aromatic rings. The maximum Gasteiger partial charge on any atom is 0.341 e. The third kappa shape index (κ3) is 6.34. The highest BCUT2D eigenvalue weighted by Gasteiger charge is 2.14. The molecule has 0 saturated heterocycles. The summed E-state index contributed by atoms with van der Waals surface area (Å²) in [6, 6.07) is 12.0. The van der Waals surface area contributed by atoms with E-state index < -0.39 is 12.6 Å². The van der Waals surface area contributed by atoms with Crippen molar-refractivity contribution < 1.29 is 24.2 Å². The van der Waals surface area contributed by atoms with Gasteiger partial charge in [0.05, 0.1) is 0 Å². The number of carbonyl (C=O) groups excluding carboxylic acids is 2. The molecule has 2 amide bonds. The number of nitrogens with zero attached hydrogens (tertiary/aromatic N) is 1. The highest BCUT2D eigenvalue weighted by molar-refractivity contribution is 6.04. The predicted octanol–water partition coefficient (Wildman–Crippen LogP) is 3.33. The number of rotatable bonds is 8. The Morgan fingerprint density at radius 3 is 2.31 bits per heavy atom. The van der Waals surface area contributed by atoms with Crippen molar-refractivity contribution in [3.8, 4) is 5.75 Å². The van der Waals surface area contributed by atoms with Crippen molar-refractivity contribution >= 4 is 23.5 Å². The Kier molecular flexibility index (Phi) is 7.36. The number of nitrogens with one attached hydrogen (secondary N) is 1. The monoisotopic (exact) mass is 398 g/mol. The third-order valence-electron chi connectivity index (χ3n) is 4.31. The van der Waals surface area contributed by atoms with Gasteiger partial charge < -0.3 is 20.1 Å². The van der Waals surface area contributed by atoms with Crippen molar-refractivity contribution in [3.63, 3.8) is 0 Å². The zero-order chi connectivity index (χ0) is 21.6. The van der Waals surface area contributed by atoms with Crippen LogP contribution in [-0.2, 0) is 16.1 Å². The molecule has 0 heterocycles. The Labute approximate surface area is 170 Å². The fourth-order valence-electron chi connectivity index (χ4n) is 2.76. The number of benzene rings is 2. The Hall–Kier alpha value is -3.35. The lowest BCUT2D eigenvalue weighted by Gasteiger charge is -2.19. The summed E-state index contributed by atoms with van der Waals surface area (Å²) in [6.45, 7) is 5.58. The molecule has 0 spiro atoms. The van der Waals surface area contributed by atoms with Crippen molar-refractivity contribution in [2.75, 3.05) is 19.0 Å². The van der Waals surface area contributed by atoms with Crippen LogP contribution >= 0.6 is 0 Å². The van der Waals surface area contributed by atoms with Gasteiger partial charge in [0.25, 0.3) is 5.91 Å². The molecule has 0 fully saturated rings. The summed E-state index contributed by atoms with van der Waals surface area (Å²) >= 11 is 0. The fourth-order valence-corrected chi connectivity index (χ4v) is 2.76. The van der Waals surface area contributed by atoms with Crippen molar-refractivity contribution in [3.05, 3.63) is 59.2 Å². The van der Waals surface area contributed by atoms with E-state index in [9.17, 15) is 14.4 Å². The van der Waals surface area contributed by atoms with Crippen LogP contribution in [0.3, 0.4) is 0 Å². The van der Waals surface area contributed by atoms with Gasteiger partial charge in [0, 0.05) is 30.8 Å². The summed E-state index contributed by atoms with van der Waals surface area (Å²) < 4.78 is 5.13. The second-order valence-corrected chi connectivity index (χ2v) is 7.16. The van der Waals surface area contributed by atoms with Crippen molar-refractivity contribution in [2.24, 2.45) is 5.92 Å². The number of ether oxygens (including phenoxy) is 1. The number of hydrogen-bond donors (Lipinski definition) is 2. The molecule has 154 valence electrons. The summed E-state index contributed by atoms with van der Waals surface area (Å²) in [5.41, 5.74) is 2.81. The molecule has 0 aromatic heterocycles. The van der Waals surface area contributed by atoms with Gasteiger partial charge >= 0.3 is 5.97 Å². The van der Waals surface area contributed by atoms with Gasteiger partial charge in [-0.15, -0.1) is 0 Å². The normalized spacial score (nSPS) is 10.5. The topological polar surface area (TPSA) is 95.9 Å². The van der Waals surface area contributed by atoms with Crippen LogP contribution in [0, 0.1) is 12.8 Å². The van der Waals surface area contributed by atoms with Gasteiger partial charge in [-0.05, 0) is 48.4 Å². The lowest BCUT2D eigenvalue weighted by molar-refractivity contribution is -0.139. The van der Waals surface area contributed by atoms with Crippen LogP contribution in [0.4, 0.5) is 5.69 Å². The zero-order valence-corrected chi connectivity index (χ0v) is 17.1. The van der Waals surface area contributed by atoms with E-state index in [4.69, 9.17) is 9.84 Å². The minimum Gasteiger partial charge on any atom is -0.482 e. The van der Waals surface area contributed by atoms with Gasteiger partial charge in [-0.1, -0.05) is 26.0 Å². The summed E-state index contributed by atoms with van der Waals surface area (Å²) in [6.07, 6.45) is 0. The molecule has 0 aliphatic rings. The molecule has 0 bridgehead atoms. The Morgan fingerprint density at radius 2 is 1.76 bits per heavy atom. The molecule has 2 aromatic carbocycles. The fraction of sp³-hybridized carbons (Fsp3) is 0.318. The van der Waals surface area contributed by atoms with E-state index >= 15 is 0 Å². The Morgan fingerprint density at radius 1 is 1.10 bits per heavy atom. The summed E-state index contributed by atoms with van der Waals surface area (Å²) in [7, 11) is 1.76. The minimum atomic E-state index is -1.05. The van der Waals surface area contributed by atoms with Gasteiger partial charge in [-0.2, -0.15) is 0 Å². The maximum absolute atomic E-state index is 12.5. The molecule has 0 saturated carbocycles. The molecular weight excluding hydrogens is 372 g/mol. The third-order valence-corrected chi connectivity index (χ3v) is 4.31. The van der Waals surface area contributed by atoms with E-state index in [-0.39, 0.29) is 17.7 Å². The first kappa shape index (κ1) is 21.9. The first-order valence-corrected chi connectivity index (χ1v) is 9.28. The molecule has 2 N–H and O–H groups in total. The van der Waals surface area contributed by atoms with E-state index in [0.29, 0.717) is 23.5 Å². The molecular formula is C22H26N2O5. The van der Waals surface area contributed by atoms with Gasteiger partial charge in [0.15, 0.2) is 6.61 Å². The molecule has 7 nitrogen and oxygen atoms in total. The highest BCUT2D eigenvalue weighted by Crippen LogP contribution is 2.22. The van der Waals surface area contributed by atoms with Crippen LogP contribution in [0.25, 0.3) is 0 Å². The summed E-state index contributed by atoms with van der Waals surface area (Å²) in [4.78, 5) is 36.7. The van der Waals surface area contributed by atoms with Crippen LogP contribution in [0.15, 0.2) is 42.5 Å². The average Bonchev–Trinajstić information content (AvgIpc) is 2.67. The molecule has 0 atom stereocenters. The summed E-state index contributed by atoms with van der Waals surface area (Å²) in [5.74, 6) is -0.881. The highest BCUT2D eigenvalue weighted by atomic mass is 16.5. The number of aryl methyl sites for hydroxylation is 1. The average molecular weight is 398 g/mol. The number of carbonyl (C=O) groups is 3. The minimum absolute atomic E-state index is 0.0609. The lowest BCUT2D eigenvalue weighted by Crippen LogP contribution is -2.29. The van der Waals surface area contributed by atoms with Crippen LogP contribution < -0.4 is 10.1 Å². The van der Waals surface area contributed by atoms with Crippen LogP contribution in [-0.4, -0.2) is 41.4 Å². The lowest BCUT2D eigenvalue weighted by atomic mass is 10.1. The van der Waals surface area contributed by atoms with Gasteiger partial charge in [0.2, 0.25) is 5.91 Å². The molecule has 0 radical (unpaired) electrons. The van der Waals surface area contributed by atoms with Gasteiger partial charge in [-0.25, -0.2) is 4.79 Å². The number of aliphatic carboxylic acids is 1. The van der Waals surface area contributed by atoms with Crippen molar-refractivity contribution in [1.29, 1.82) is 0 Å². The number of hydrogen-bond acceptors (Lipinski definition) is 4. The van der Waals surface area contributed by atoms with Crippen molar-refractivity contribution in [2.45, 2.75) is 27.3 Å². The van der Waals surface area contributed by atoms with Gasteiger partial charge in [0.1, 0.15) is 5.75 Å². The van der Waals surface area contributed by atoms with E-state index in [0.717, 1.165) is 11.1 Å². The molecule has 0 unspecified atom stereocenters. The quantitative estimate of drug-likeness (QED) is 0.711. The number of carboxylic acid groups (broad SMARTS) is 1.